The highest BCUT2D eigenvalue weighted by Gasteiger charge is 2.49. The fraction of sp³-hybridized carbons (Fsp3) is 0.488. The van der Waals surface area contributed by atoms with Crippen LogP contribution < -0.4 is 15.4 Å². The van der Waals surface area contributed by atoms with Gasteiger partial charge in [-0.2, -0.15) is 0 Å². The van der Waals surface area contributed by atoms with Crippen LogP contribution in [0.15, 0.2) is 78.9 Å². The van der Waals surface area contributed by atoms with E-state index in [1.807, 2.05) is 54.6 Å². The van der Waals surface area contributed by atoms with Gasteiger partial charge in [0.15, 0.2) is 6.29 Å². The lowest BCUT2D eigenvalue weighted by Crippen LogP contribution is -2.66. The van der Waals surface area contributed by atoms with E-state index in [0.29, 0.717) is 18.0 Å². The van der Waals surface area contributed by atoms with E-state index in [1.165, 1.54) is 6.07 Å². The fourth-order valence-electron chi connectivity index (χ4n) is 5.61. The minimum Gasteiger partial charge on any atom is -0.497 e. The van der Waals surface area contributed by atoms with Crippen molar-refractivity contribution in [3.05, 3.63) is 95.6 Å². The Hall–Kier alpha value is -4.53. The van der Waals surface area contributed by atoms with E-state index in [9.17, 15) is 14.4 Å². The molecule has 1 heterocycles. The molecular weight excluding hydrogens is 696 g/mol. The van der Waals surface area contributed by atoms with Gasteiger partial charge in [-0.3, -0.25) is 10.1 Å². The second-order valence-electron chi connectivity index (χ2n) is 14.7. The van der Waals surface area contributed by atoms with Gasteiger partial charge in [-0.15, -0.1) is 0 Å². The molecule has 2 unspecified atom stereocenters. The largest absolute Gasteiger partial charge is 0.497 e. The van der Waals surface area contributed by atoms with E-state index < -0.39 is 66.4 Å². The Bertz CT molecular complexity index is 1640. The number of rotatable bonds is 16. The van der Waals surface area contributed by atoms with Crippen molar-refractivity contribution in [2.45, 2.75) is 104 Å². The molecule has 0 aromatic heterocycles. The minimum absolute atomic E-state index is 0.0804. The van der Waals surface area contributed by atoms with E-state index in [0.717, 1.165) is 11.1 Å². The van der Waals surface area contributed by atoms with E-state index in [2.05, 4.69) is 10.6 Å². The molecule has 2 amide bonds. The Morgan fingerprint density at radius 3 is 2.09 bits per heavy atom. The third kappa shape index (κ3) is 13.7. The van der Waals surface area contributed by atoms with Crippen molar-refractivity contribution in [2.24, 2.45) is 0 Å². The quantitative estimate of drug-likeness (QED) is 0.156. The number of carbonyl (C=O) groups is 3. The average molecular weight is 751 g/mol. The van der Waals surface area contributed by atoms with Gasteiger partial charge in [0, 0.05) is 17.9 Å². The number of methoxy groups -OCH3 is 1. The fourth-order valence-corrected chi connectivity index (χ4v) is 5.61. The predicted octanol–water partition coefficient (Wildman–Crippen LogP) is 6.43. The molecule has 3 aromatic carbocycles. The third-order valence-corrected chi connectivity index (χ3v) is 7.85. The number of hydrogen-bond acceptors (Lipinski definition) is 11. The summed E-state index contributed by atoms with van der Waals surface area (Å²) in [6.45, 7) is 12.7. The molecule has 4 rings (SSSR count). The van der Waals surface area contributed by atoms with E-state index in [4.69, 9.17) is 37.9 Å². The smallest absolute Gasteiger partial charge is 0.412 e. The zero-order valence-corrected chi connectivity index (χ0v) is 32.4. The molecular formula is C41H54N2O11. The highest BCUT2D eigenvalue weighted by atomic mass is 16.7. The monoisotopic (exact) mass is 750 g/mol. The first kappa shape index (κ1) is 42.2. The van der Waals surface area contributed by atoms with Crippen LogP contribution in [-0.4, -0.2) is 86.7 Å². The number of ether oxygens (including phenoxy) is 8. The first-order valence-corrected chi connectivity index (χ1v) is 18.0. The van der Waals surface area contributed by atoms with Crippen molar-refractivity contribution in [3.8, 4) is 5.75 Å². The maximum Gasteiger partial charge on any atom is 0.412 e. The molecule has 5 atom stereocenters. The van der Waals surface area contributed by atoms with Crippen LogP contribution in [-0.2, 0) is 51.2 Å². The van der Waals surface area contributed by atoms with Crippen LogP contribution in [0.5, 0.6) is 5.75 Å². The Morgan fingerprint density at radius 1 is 0.759 bits per heavy atom. The predicted molar refractivity (Wildman–Crippen MR) is 201 cm³/mol. The summed E-state index contributed by atoms with van der Waals surface area (Å²) >= 11 is 0. The molecule has 13 nitrogen and oxygen atoms in total. The molecule has 3 aromatic rings. The molecule has 0 spiro atoms. The summed E-state index contributed by atoms with van der Waals surface area (Å²) in [5.74, 6) is -0.420. The van der Waals surface area contributed by atoms with Crippen LogP contribution in [0.1, 0.15) is 70.0 Å². The Balaban J connectivity index is 1.65. The van der Waals surface area contributed by atoms with Crippen LogP contribution in [0.4, 0.5) is 10.5 Å². The number of hydrogen-bond donors (Lipinski definition) is 2. The molecule has 294 valence electrons. The van der Waals surface area contributed by atoms with Gasteiger partial charge in [0.1, 0.15) is 47.9 Å². The number of benzene rings is 3. The molecule has 13 heteroatoms. The Kier molecular flexibility index (Phi) is 15.4. The van der Waals surface area contributed by atoms with Crippen LogP contribution in [0.25, 0.3) is 0 Å². The Labute approximate surface area is 317 Å². The second kappa shape index (κ2) is 19.7. The third-order valence-electron chi connectivity index (χ3n) is 7.85. The maximum absolute atomic E-state index is 14.0. The van der Waals surface area contributed by atoms with E-state index >= 15 is 0 Å². The van der Waals surface area contributed by atoms with Crippen LogP contribution in [0.3, 0.4) is 0 Å². The first-order chi connectivity index (χ1) is 25.6. The second-order valence-corrected chi connectivity index (χ2v) is 14.7. The van der Waals surface area contributed by atoms with E-state index in [-0.39, 0.29) is 25.4 Å². The van der Waals surface area contributed by atoms with Crippen molar-refractivity contribution in [3.63, 3.8) is 0 Å². The lowest BCUT2D eigenvalue weighted by Gasteiger charge is -2.46. The molecule has 0 bridgehead atoms. The van der Waals surface area contributed by atoms with Crippen molar-refractivity contribution in [1.29, 1.82) is 0 Å². The molecule has 54 heavy (non-hydrogen) atoms. The van der Waals surface area contributed by atoms with Gasteiger partial charge in [0.2, 0.25) is 0 Å². The molecule has 0 saturated carbocycles. The lowest BCUT2D eigenvalue weighted by molar-refractivity contribution is -0.287. The number of esters is 1. The summed E-state index contributed by atoms with van der Waals surface area (Å²) in [5.41, 5.74) is 0.928. The summed E-state index contributed by atoms with van der Waals surface area (Å²) in [6.07, 6.45) is -4.30. The molecule has 1 aliphatic rings. The van der Waals surface area contributed by atoms with Gasteiger partial charge in [-0.25, -0.2) is 9.59 Å². The SMILES string of the molecule is CCO[C@@H]1OC(COCc2ccccc2)[C@@H](OCc2ccc(OC)cc2)[C@H](OCC(=O)OC(C)(C)C)C1NC(=O)c1cccc(NC(=O)OC(C)(C)C)c1. The van der Waals surface area contributed by atoms with Crippen molar-refractivity contribution < 1.29 is 52.3 Å². The summed E-state index contributed by atoms with van der Waals surface area (Å²) in [4.78, 5) is 39.4. The zero-order chi connectivity index (χ0) is 39.3. The highest BCUT2D eigenvalue weighted by Crippen LogP contribution is 2.29. The molecule has 1 aliphatic heterocycles. The summed E-state index contributed by atoms with van der Waals surface area (Å²) in [6, 6.07) is 22.5. The van der Waals surface area contributed by atoms with Crippen molar-refractivity contribution in [2.75, 3.05) is 32.2 Å². The van der Waals surface area contributed by atoms with Crippen LogP contribution in [0.2, 0.25) is 0 Å². The van der Waals surface area contributed by atoms with Gasteiger partial charge < -0.3 is 43.2 Å². The van der Waals surface area contributed by atoms with E-state index in [1.54, 1.807) is 73.8 Å². The number of nitrogens with one attached hydrogen (secondary N) is 2. The number of amides is 2. The summed E-state index contributed by atoms with van der Waals surface area (Å²) in [7, 11) is 1.59. The molecule has 0 radical (unpaired) electrons. The minimum atomic E-state index is -1.03. The maximum atomic E-state index is 14.0. The molecule has 1 saturated heterocycles. The lowest BCUT2D eigenvalue weighted by atomic mass is 9.95. The first-order valence-electron chi connectivity index (χ1n) is 18.0. The number of anilines is 1. The normalized spacial score (nSPS) is 20.1. The zero-order valence-electron chi connectivity index (χ0n) is 32.4. The van der Waals surface area contributed by atoms with Gasteiger partial charge in [-0.1, -0.05) is 48.5 Å². The summed E-state index contributed by atoms with van der Waals surface area (Å²) in [5, 5.41) is 5.67. The Morgan fingerprint density at radius 2 is 1.44 bits per heavy atom. The van der Waals surface area contributed by atoms with Gasteiger partial charge >= 0.3 is 12.1 Å². The topological polar surface area (TPSA) is 149 Å². The summed E-state index contributed by atoms with van der Waals surface area (Å²) < 4.78 is 47.9. The van der Waals surface area contributed by atoms with Crippen LogP contribution in [0, 0.1) is 0 Å². The van der Waals surface area contributed by atoms with Crippen molar-refractivity contribution in [1.82, 2.24) is 5.32 Å². The number of carbonyl (C=O) groups excluding carboxylic acids is 3. The standard InChI is InChI=1S/C41H54N2O11/c1-9-49-38-34(43-37(45)29-16-13-17-30(22-29)42-39(46)54-41(5,6)7)36(51-26-33(44)53-40(2,3)4)35(50-24-28-18-20-31(47-8)21-19-28)32(52-38)25-48-23-27-14-11-10-12-15-27/h10-22,32,34-36,38H,9,23-26H2,1-8H3,(H,42,46)(H,43,45)/t32?,34?,35-,36-,38-/m1/s1. The van der Waals surface area contributed by atoms with Gasteiger partial charge in [0.05, 0.1) is 26.9 Å². The highest BCUT2D eigenvalue weighted by molar-refractivity contribution is 5.96. The average Bonchev–Trinajstić information content (AvgIpc) is 3.10. The molecule has 1 fully saturated rings. The van der Waals surface area contributed by atoms with Crippen molar-refractivity contribution >= 4 is 23.7 Å². The molecule has 0 aliphatic carbocycles. The van der Waals surface area contributed by atoms with Gasteiger partial charge in [-0.05, 0) is 89.9 Å². The van der Waals surface area contributed by atoms with Crippen LogP contribution >= 0.6 is 0 Å². The van der Waals surface area contributed by atoms with Gasteiger partial charge in [0.25, 0.3) is 5.91 Å². The molecule has 2 N–H and O–H groups in total.